The van der Waals surface area contributed by atoms with E-state index < -0.39 is 18.7 Å². The fraction of sp³-hybridized carbons (Fsp3) is 0.556. The van der Waals surface area contributed by atoms with Crippen LogP contribution in [0.5, 0.6) is 0 Å². The monoisotopic (exact) mass is 251 g/mol. The molecule has 0 bridgehead atoms. The zero-order valence-corrected chi connectivity index (χ0v) is 9.54. The van der Waals surface area contributed by atoms with Gasteiger partial charge in [0.25, 0.3) is 0 Å². The van der Waals surface area contributed by atoms with Gasteiger partial charge in [0.2, 0.25) is 0 Å². The van der Waals surface area contributed by atoms with E-state index in [9.17, 15) is 18.0 Å². The second-order valence-electron chi connectivity index (χ2n) is 3.68. The maximum absolute atomic E-state index is 12.2. The molecule has 1 aromatic rings. The van der Waals surface area contributed by atoms with E-state index in [-0.39, 0.29) is 17.1 Å². The van der Waals surface area contributed by atoms with Crippen LogP contribution in [0.4, 0.5) is 19.0 Å². The highest BCUT2D eigenvalue weighted by Gasteiger charge is 2.32. The average Bonchev–Trinajstić information content (AvgIpc) is 2.37. The third kappa shape index (κ3) is 2.89. The first kappa shape index (κ1) is 13.3. The molecule has 0 radical (unpaired) electrons. The van der Waals surface area contributed by atoms with Crippen molar-refractivity contribution in [3.05, 3.63) is 11.3 Å². The van der Waals surface area contributed by atoms with Crippen molar-refractivity contribution in [2.75, 3.05) is 18.5 Å². The Kier molecular flexibility index (Phi) is 3.35. The molecule has 0 atom stereocenters. The molecule has 0 fully saturated rings. The zero-order chi connectivity index (χ0) is 13.4. The molecule has 0 saturated carbocycles. The number of carbonyl (C=O) groups is 1. The number of aryl methyl sites for hydroxylation is 2. The highest BCUT2D eigenvalue weighted by Crippen LogP contribution is 2.25. The van der Waals surface area contributed by atoms with Gasteiger partial charge in [-0.05, 0) is 6.92 Å². The van der Waals surface area contributed by atoms with E-state index in [0.29, 0.717) is 0 Å². The molecule has 1 heterocycles. The molecule has 8 heteroatoms. The number of alkyl halides is 3. The minimum Gasteiger partial charge on any atom is -0.477 e. The number of aromatic carboxylic acids is 1. The molecule has 0 aromatic carbocycles. The minimum atomic E-state index is -4.40. The van der Waals surface area contributed by atoms with Crippen LogP contribution in [0.25, 0.3) is 0 Å². The van der Waals surface area contributed by atoms with E-state index in [4.69, 9.17) is 5.11 Å². The van der Waals surface area contributed by atoms with Crippen LogP contribution in [0.1, 0.15) is 16.1 Å². The van der Waals surface area contributed by atoms with Crippen molar-refractivity contribution in [1.29, 1.82) is 0 Å². The Bertz CT molecular complexity index is 439. The largest absolute Gasteiger partial charge is 0.477 e. The molecule has 0 aliphatic carbocycles. The number of hydrogen-bond acceptors (Lipinski definition) is 3. The Labute approximate surface area is 95.4 Å². The van der Waals surface area contributed by atoms with Gasteiger partial charge in [-0.2, -0.15) is 18.3 Å². The summed E-state index contributed by atoms with van der Waals surface area (Å²) in [5, 5.41) is 12.8. The summed E-state index contributed by atoms with van der Waals surface area (Å²) in [6.45, 7) is 0.209. The van der Waals surface area contributed by atoms with Crippen molar-refractivity contribution < 1.29 is 23.1 Å². The Morgan fingerprint density at radius 1 is 1.53 bits per heavy atom. The van der Waals surface area contributed by atoms with Gasteiger partial charge in [0.15, 0.2) is 0 Å². The van der Waals surface area contributed by atoms with Crippen molar-refractivity contribution in [1.82, 2.24) is 9.78 Å². The molecule has 0 spiro atoms. The fourth-order valence-electron chi connectivity index (χ4n) is 1.68. The van der Waals surface area contributed by atoms with Gasteiger partial charge in [-0.3, -0.25) is 4.68 Å². The molecule has 0 amide bonds. The molecule has 1 aromatic heterocycles. The molecule has 0 unspecified atom stereocenters. The van der Waals surface area contributed by atoms with E-state index in [1.54, 1.807) is 0 Å². The third-order valence-electron chi connectivity index (χ3n) is 2.18. The Balaban J connectivity index is 3.17. The van der Waals surface area contributed by atoms with Gasteiger partial charge in [-0.15, -0.1) is 0 Å². The lowest BCUT2D eigenvalue weighted by Gasteiger charge is -2.21. The molecule has 96 valence electrons. The van der Waals surface area contributed by atoms with Crippen LogP contribution >= 0.6 is 0 Å². The SMILES string of the molecule is Cc1nn(C)c(N(C)CC(F)(F)F)c1C(=O)O. The van der Waals surface area contributed by atoms with Gasteiger partial charge in [0, 0.05) is 14.1 Å². The average molecular weight is 251 g/mol. The van der Waals surface area contributed by atoms with Gasteiger partial charge in [0.05, 0.1) is 5.69 Å². The van der Waals surface area contributed by atoms with Gasteiger partial charge >= 0.3 is 12.1 Å². The predicted octanol–water partition coefficient (Wildman–Crippen LogP) is 1.43. The topological polar surface area (TPSA) is 58.4 Å². The van der Waals surface area contributed by atoms with Crippen LogP contribution in [0.3, 0.4) is 0 Å². The van der Waals surface area contributed by atoms with Crippen LogP contribution in [-0.2, 0) is 7.05 Å². The van der Waals surface area contributed by atoms with Gasteiger partial charge in [-0.1, -0.05) is 0 Å². The standard InChI is InChI=1S/C9H12F3N3O2/c1-5-6(8(16)17)7(15(3)13-5)14(2)4-9(10,11)12/h4H2,1-3H3,(H,16,17). The lowest BCUT2D eigenvalue weighted by Crippen LogP contribution is -2.33. The number of carboxylic acids is 1. The summed E-state index contributed by atoms with van der Waals surface area (Å²) in [5.74, 6) is -1.35. The second-order valence-corrected chi connectivity index (χ2v) is 3.68. The number of rotatable bonds is 3. The van der Waals surface area contributed by atoms with E-state index in [2.05, 4.69) is 5.10 Å². The third-order valence-corrected chi connectivity index (χ3v) is 2.18. The lowest BCUT2D eigenvalue weighted by atomic mass is 10.2. The first-order valence-electron chi connectivity index (χ1n) is 4.68. The van der Waals surface area contributed by atoms with Crippen molar-refractivity contribution >= 4 is 11.8 Å². The van der Waals surface area contributed by atoms with Crippen LogP contribution in [-0.4, -0.2) is 40.6 Å². The highest BCUT2D eigenvalue weighted by molar-refractivity contribution is 5.94. The summed E-state index contributed by atoms with van der Waals surface area (Å²) in [4.78, 5) is 11.8. The number of carboxylic acid groups (broad SMARTS) is 1. The van der Waals surface area contributed by atoms with Crippen molar-refractivity contribution in [2.24, 2.45) is 7.05 Å². The summed E-state index contributed by atoms with van der Waals surface area (Å²) < 4.78 is 37.9. The molecule has 17 heavy (non-hydrogen) atoms. The molecular formula is C9H12F3N3O2. The Morgan fingerprint density at radius 3 is 2.47 bits per heavy atom. The molecular weight excluding hydrogens is 239 g/mol. The highest BCUT2D eigenvalue weighted by atomic mass is 19.4. The van der Waals surface area contributed by atoms with Crippen molar-refractivity contribution in [3.63, 3.8) is 0 Å². The van der Waals surface area contributed by atoms with E-state index >= 15 is 0 Å². The van der Waals surface area contributed by atoms with E-state index in [1.807, 2.05) is 0 Å². The van der Waals surface area contributed by atoms with Gasteiger partial charge in [-0.25, -0.2) is 4.79 Å². The van der Waals surface area contributed by atoms with E-state index in [1.165, 1.54) is 21.0 Å². The quantitative estimate of drug-likeness (QED) is 0.882. The Hall–Kier alpha value is -1.73. The fourth-order valence-corrected chi connectivity index (χ4v) is 1.68. The lowest BCUT2D eigenvalue weighted by molar-refractivity contribution is -0.119. The van der Waals surface area contributed by atoms with Crippen LogP contribution < -0.4 is 4.90 Å². The van der Waals surface area contributed by atoms with Gasteiger partial charge in [0.1, 0.15) is 17.9 Å². The first-order chi connectivity index (χ1) is 7.63. The maximum atomic E-state index is 12.2. The van der Waals surface area contributed by atoms with E-state index in [0.717, 1.165) is 9.58 Å². The minimum absolute atomic E-state index is 0.0627. The smallest absolute Gasteiger partial charge is 0.405 e. The summed E-state index contributed by atoms with van der Waals surface area (Å²) in [6.07, 6.45) is -4.40. The number of anilines is 1. The predicted molar refractivity (Wildman–Crippen MR) is 54.2 cm³/mol. The molecule has 0 aliphatic rings. The van der Waals surface area contributed by atoms with Crippen molar-refractivity contribution in [2.45, 2.75) is 13.1 Å². The number of halogens is 3. The summed E-state index contributed by atoms with van der Waals surface area (Å²) >= 11 is 0. The first-order valence-corrected chi connectivity index (χ1v) is 4.68. The van der Waals surface area contributed by atoms with Crippen LogP contribution in [0.2, 0.25) is 0 Å². The molecule has 0 saturated heterocycles. The summed E-state index contributed by atoms with van der Waals surface area (Å²) in [7, 11) is 2.58. The zero-order valence-electron chi connectivity index (χ0n) is 9.54. The Morgan fingerprint density at radius 2 is 2.06 bits per heavy atom. The van der Waals surface area contributed by atoms with Crippen LogP contribution in [0.15, 0.2) is 0 Å². The molecule has 0 aliphatic heterocycles. The molecule has 5 nitrogen and oxygen atoms in total. The van der Waals surface area contributed by atoms with Crippen LogP contribution in [0, 0.1) is 6.92 Å². The summed E-state index contributed by atoms with van der Waals surface area (Å²) in [6, 6.07) is 0. The normalized spacial score (nSPS) is 11.6. The maximum Gasteiger partial charge on any atom is 0.405 e. The second kappa shape index (κ2) is 4.27. The molecule has 1 N–H and O–H groups in total. The molecule has 1 rings (SSSR count). The number of aromatic nitrogens is 2. The van der Waals surface area contributed by atoms with Gasteiger partial charge < -0.3 is 10.0 Å². The summed E-state index contributed by atoms with van der Waals surface area (Å²) in [5.41, 5.74) is -0.0247. The number of nitrogens with zero attached hydrogens (tertiary/aromatic N) is 3. The number of hydrogen-bond donors (Lipinski definition) is 1. The van der Waals surface area contributed by atoms with Crippen molar-refractivity contribution in [3.8, 4) is 0 Å².